The van der Waals surface area contributed by atoms with Crippen LogP contribution in [0.1, 0.15) is 112 Å². The van der Waals surface area contributed by atoms with Crippen molar-refractivity contribution in [3.8, 4) is 17.1 Å². The Balaban J connectivity index is 0.000000149. The quantitative estimate of drug-likeness (QED) is 0.140. The number of nitrogens with zero attached hydrogens (tertiary/aromatic N) is 6. The van der Waals surface area contributed by atoms with Crippen LogP contribution in [0.15, 0.2) is 176 Å². The van der Waals surface area contributed by atoms with Crippen molar-refractivity contribution in [1.29, 1.82) is 0 Å². The van der Waals surface area contributed by atoms with Gasteiger partial charge in [0.1, 0.15) is 0 Å². The van der Waals surface area contributed by atoms with Crippen molar-refractivity contribution in [2.24, 2.45) is 0 Å². The predicted octanol–water partition coefficient (Wildman–Crippen LogP) is 17.9. The van der Waals surface area contributed by atoms with Crippen molar-refractivity contribution >= 4 is 34.9 Å². The van der Waals surface area contributed by atoms with Crippen LogP contribution in [-0.2, 0) is 25.7 Å². The number of rotatable bonds is 11. The van der Waals surface area contributed by atoms with Crippen LogP contribution in [0.4, 0.5) is 22.7 Å². The zero-order valence-corrected chi connectivity index (χ0v) is 51.0. The molecule has 3 unspecified atom stereocenters. The monoisotopic (exact) mass is 1100 g/mol. The van der Waals surface area contributed by atoms with Crippen LogP contribution in [-0.4, -0.2) is 60.0 Å². The van der Waals surface area contributed by atoms with Crippen LogP contribution in [0.2, 0.25) is 0 Å². The molecule has 9 aromatic rings. The Hall–Kier alpha value is -8.16. The van der Waals surface area contributed by atoms with E-state index >= 15 is 0 Å². The molecule has 3 aliphatic heterocycles. The lowest BCUT2D eigenvalue weighted by atomic mass is 9.91. The largest absolute Gasteiger partial charge is 0.379 e. The molecule has 3 atom stereocenters. The van der Waals surface area contributed by atoms with E-state index < -0.39 is 0 Å². The lowest BCUT2D eigenvalue weighted by Crippen LogP contribution is -2.36. The van der Waals surface area contributed by atoms with Crippen LogP contribution in [0, 0.1) is 55.4 Å². The molecule has 0 spiro atoms. The molecule has 3 aliphatic rings. The summed E-state index contributed by atoms with van der Waals surface area (Å²) in [7, 11) is 8.69. The molecule has 0 saturated heterocycles. The summed E-state index contributed by atoms with van der Waals surface area (Å²) in [5.41, 5.74) is 28.1. The van der Waals surface area contributed by atoms with E-state index in [0.717, 1.165) is 32.1 Å². The molecule has 0 bridgehead atoms. The summed E-state index contributed by atoms with van der Waals surface area (Å²) >= 11 is 0. The van der Waals surface area contributed by atoms with Crippen molar-refractivity contribution in [1.82, 2.24) is 13.7 Å². The Morgan fingerprint density at radius 1 is 0.482 bits per heavy atom. The summed E-state index contributed by atoms with van der Waals surface area (Å²) in [5.74, 6) is 0. The maximum Gasteiger partial charge on any atom is 0.0476 e. The van der Waals surface area contributed by atoms with Crippen molar-refractivity contribution in [2.75, 3.05) is 48.2 Å². The molecule has 6 aromatic carbocycles. The van der Waals surface area contributed by atoms with Gasteiger partial charge in [0.2, 0.25) is 0 Å². The van der Waals surface area contributed by atoms with Crippen LogP contribution in [0.25, 0.3) is 29.2 Å². The molecule has 6 heterocycles. The summed E-state index contributed by atoms with van der Waals surface area (Å²) in [5, 5.41) is 3.67. The van der Waals surface area contributed by atoms with Gasteiger partial charge in [-0.15, -0.1) is 0 Å². The van der Waals surface area contributed by atoms with E-state index in [1.165, 1.54) is 138 Å². The van der Waals surface area contributed by atoms with E-state index in [1.54, 1.807) is 0 Å². The highest BCUT2D eigenvalue weighted by Crippen LogP contribution is 2.36. The van der Waals surface area contributed by atoms with Gasteiger partial charge in [-0.05, 0) is 225 Å². The van der Waals surface area contributed by atoms with Gasteiger partial charge in [0, 0.05) is 120 Å². The first-order chi connectivity index (χ1) is 39.6. The molecule has 0 fully saturated rings. The molecule has 7 heteroatoms. The first-order valence-electron chi connectivity index (χ1n) is 29.9. The predicted molar refractivity (Wildman–Crippen MR) is 359 cm³/mol. The molecule has 7 nitrogen and oxygen atoms in total. The van der Waals surface area contributed by atoms with E-state index in [1.807, 2.05) is 0 Å². The molecule has 430 valence electrons. The van der Waals surface area contributed by atoms with Crippen LogP contribution in [0.5, 0.6) is 0 Å². The van der Waals surface area contributed by atoms with Gasteiger partial charge in [-0.25, -0.2) is 0 Å². The highest BCUT2D eigenvalue weighted by molar-refractivity contribution is 5.66. The number of para-hydroxylation sites is 3. The third-order valence-corrected chi connectivity index (χ3v) is 17.7. The Morgan fingerprint density at radius 3 is 1.55 bits per heavy atom. The normalized spacial score (nSPS) is 16.2. The van der Waals surface area contributed by atoms with Crippen LogP contribution < -0.4 is 20.0 Å². The Labute approximate surface area is 498 Å². The molecular formula is C76H91N7. The number of hydrogen-bond acceptors (Lipinski definition) is 4. The SMILES string of the molecule is C.Cc1cc(/C=C/C2CCc3cc(N(C)C)ccc3N2C)c(C)n1-c1ccccc1.Cc1ccc2c(c1)CCC(/C=C/c1cc(C)n(-c3ccccc3)c1C)N2.Cc1ccc2c(c1)CCC(CCc1cc(C)n(-c3ccccc3)c1C)N2C. The second-order valence-corrected chi connectivity index (χ2v) is 23.6. The van der Waals surface area contributed by atoms with Crippen molar-refractivity contribution in [3.05, 3.63) is 255 Å². The summed E-state index contributed by atoms with van der Waals surface area (Å²) in [6.07, 6.45) is 18.6. The number of anilines is 4. The average molecular weight is 1100 g/mol. The van der Waals surface area contributed by atoms with Gasteiger partial charge in [0.25, 0.3) is 0 Å². The van der Waals surface area contributed by atoms with E-state index in [0.29, 0.717) is 18.1 Å². The zero-order valence-electron chi connectivity index (χ0n) is 51.0. The molecular weight excluding hydrogens is 1010 g/mol. The Morgan fingerprint density at radius 2 is 0.964 bits per heavy atom. The zero-order chi connectivity index (χ0) is 57.6. The van der Waals surface area contributed by atoms with E-state index in [9.17, 15) is 0 Å². The lowest BCUT2D eigenvalue weighted by Gasteiger charge is -2.36. The summed E-state index contributed by atoms with van der Waals surface area (Å²) in [6.45, 7) is 17.6. The minimum atomic E-state index is 0. The fraction of sp³-hybridized carbons (Fsp3) is 0.316. The van der Waals surface area contributed by atoms with E-state index in [2.05, 4.69) is 305 Å². The van der Waals surface area contributed by atoms with Gasteiger partial charge in [-0.2, -0.15) is 0 Å². The van der Waals surface area contributed by atoms with Gasteiger partial charge in [-0.1, -0.05) is 122 Å². The van der Waals surface area contributed by atoms with Crippen LogP contribution >= 0.6 is 0 Å². The third kappa shape index (κ3) is 13.4. The van der Waals surface area contributed by atoms with Gasteiger partial charge < -0.3 is 33.7 Å². The number of nitrogens with one attached hydrogen (secondary N) is 1. The highest BCUT2D eigenvalue weighted by Gasteiger charge is 2.25. The standard InChI is InChI=1S/C26H31N3.C25H30N2.C24H26N2.CH4/c1-19-17-21(20(2)29(19)24-9-7-6-8-10-24)11-13-23-14-12-22-18-25(27(3)4)15-16-26(22)28(23)5;1-18-10-15-25-22(16-18)12-14-23(26(25)4)13-11-21-17-19(2)27(20(21)3)24-8-6-5-7-9-24;1-17-9-14-24-21(15-17)11-13-22(25-24)12-10-20-16-18(2)26(19(20)3)23-7-5-4-6-8-23;/h6-11,13,15-18,23H,12,14H2,1-5H3;5-10,15-17,23H,11-14H2,1-4H3;4-10,12,14-16,22,25H,11,13H2,1-3H3;1H4/b13-11+;;12-10+;. The van der Waals surface area contributed by atoms with E-state index in [4.69, 9.17) is 0 Å². The van der Waals surface area contributed by atoms with Crippen molar-refractivity contribution < 1.29 is 0 Å². The van der Waals surface area contributed by atoms with Crippen LogP contribution in [0.3, 0.4) is 0 Å². The van der Waals surface area contributed by atoms with Gasteiger partial charge in [0.15, 0.2) is 0 Å². The molecule has 3 aromatic heterocycles. The maximum atomic E-state index is 3.67. The Bertz CT molecular complexity index is 3680. The first kappa shape index (κ1) is 59.5. The molecule has 0 radical (unpaired) electrons. The summed E-state index contributed by atoms with van der Waals surface area (Å²) in [4.78, 5) is 7.11. The molecule has 12 rings (SSSR count). The van der Waals surface area contributed by atoms with Crippen molar-refractivity contribution in [2.45, 2.75) is 132 Å². The molecule has 1 N–H and O–H groups in total. The molecule has 0 amide bonds. The smallest absolute Gasteiger partial charge is 0.0476 e. The first-order valence-corrected chi connectivity index (χ1v) is 29.9. The topological polar surface area (TPSA) is 36.5 Å². The van der Waals surface area contributed by atoms with Gasteiger partial charge in [-0.3, -0.25) is 0 Å². The second-order valence-electron chi connectivity index (χ2n) is 23.6. The van der Waals surface area contributed by atoms with Gasteiger partial charge >= 0.3 is 0 Å². The number of hydrogen-bond donors (Lipinski definition) is 1. The number of aryl methyl sites for hydroxylation is 9. The average Bonchev–Trinajstić information content (AvgIpc) is 4.28. The number of benzene rings is 6. The minimum Gasteiger partial charge on any atom is -0.379 e. The summed E-state index contributed by atoms with van der Waals surface area (Å²) < 4.78 is 7.05. The Kier molecular flexibility index (Phi) is 18.9. The highest BCUT2D eigenvalue weighted by atomic mass is 15.1. The lowest BCUT2D eigenvalue weighted by molar-refractivity contribution is 0.520. The molecule has 0 aliphatic carbocycles. The van der Waals surface area contributed by atoms with Gasteiger partial charge in [0.05, 0.1) is 0 Å². The summed E-state index contributed by atoms with van der Waals surface area (Å²) in [6, 6.07) is 60.7. The fourth-order valence-electron chi connectivity index (χ4n) is 13.1. The third-order valence-electron chi connectivity index (χ3n) is 17.7. The van der Waals surface area contributed by atoms with E-state index in [-0.39, 0.29) is 7.43 Å². The fourth-order valence-corrected chi connectivity index (χ4v) is 13.1. The molecule has 0 saturated carbocycles. The molecule has 83 heavy (non-hydrogen) atoms. The number of fused-ring (bicyclic) bond motifs is 3. The number of likely N-dealkylation sites (N-methyl/N-ethyl adjacent to an activating group) is 1. The minimum absolute atomic E-state index is 0. The number of aromatic nitrogens is 3. The second kappa shape index (κ2) is 26.4. The van der Waals surface area contributed by atoms with Crippen molar-refractivity contribution in [3.63, 3.8) is 0 Å². The maximum absolute atomic E-state index is 3.67.